The van der Waals surface area contributed by atoms with E-state index in [2.05, 4.69) is 5.32 Å². The highest BCUT2D eigenvalue weighted by molar-refractivity contribution is 7.92. The van der Waals surface area contributed by atoms with Gasteiger partial charge in [-0.25, -0.2) is 8.42 Å². The Bertz CT molecular complexity index is 1390. The number of hydrogen-bond donors (Lipinski definition) is 1. The Balaban J connectivity index is 2.08. The van der Waals surface area contributed by atoms with Crippen LogP contribution in [0.5, 0.6) is 5.75 Å². The lowest BCUT2D eigenvalue weighted by Gasteiger charge is -2.33. The molecule has 0 aliphatic heterocycles. The second-order valence-electron chi connectivity index (χ2n) is 8.86. The first-order chi connectivity index (χ1) is 18.5. The lowest BCUT2D eigenvalue weighted by Crippen LogP contribution is -2.51. The van der Waals surface area contributed by atoms with Gasteiger partial charge in [-0.2, -0.15) is 0 Å². The minimum absolute atomic E-state index is 0.00274. The first kappa shape index (κ1) is 30.3. The molecular formula is C28H31Cl2N3O5S. The number of amides is 2. The van der Waals surface area contributed by atoms with Crippen molar-refractivity contribution in [3.05, 3.63) is 87.9 Å². The van der Waals surface area contributed by atoms with Gasteiger partial charge in [0.25, 0.3) is 10.0 Å². The summed E-state index contributed by atoms with van der Waals surface area (Å²) in [6, 6.07) is 16.9. The van der Waals surface area contributed by atoms with E-state index in [1.807, 2.05) is 6.92 Å². The lowest BCUT2D eigenvalue weighted by molar-refractivity contribution is -0.140. The third-order valence-corrected chi connectivity index (χ3v) is 8.39. The molecule has 0 aliphatic rings. The molecule has 0 aromatic heterocycles. The van der Waals surface area contributed by atoms with Gasteiger partial charge >= 0.3 is 0 Å². The number of carbonyl (C=O) groups excluding carboxylic acids is 2. The Morgan fingerprint density at radius 2 is 1.56 bits per heavy atom. The van der Waals surface area contributed by atoms with Gasteiger partial charge in [-0.15, -0.1) is 0 Å². The Kier molecular flexibility index (Phi) is 10.2. The number of anilines is 1. The van der Waals surface area contributed by atoms with Gasteiger partial charge in [0, 0.05) is 23.6 Å². The van der Waals surface area contributed by atoms with Crippen molar-refractivity contribution in [3.63, 3.8) is 0 Å². The third-order valence-electron chi connectivity index (χ3n) is 6.17. The molecule has 208 valence electrons. The van der Waals surface area contributed by atoms with Crippen molar-refractivity contribution in [2.45, 2.75) is 37.8 Å². The Morgan fingerprint density at radius 1 is 0.974 bits per heavy atom. The minimum Gasteiger partial charge on any atom is -0.497 e. The fourth-order valence-corrected chi connectivity index (χ4v) is 5.98. The van der Waals surface area contributed by atoms with E-state index in [-0.39, 0.29) is 33.1 Å². The molecule has 3 aromatic rings. The monoisotopic (exact) mass is 591 g/mol. The van der Waals surface area contributed by atoms with Gasteiger partial charge in [-0.05, 0) is 61.4 Å². The van der Waals surface area contributed by atoms with Crippen molar-refractivity contribution < 1.29 is 22.7 Å². The molecule has 3 rings (SSSR count). The Labute approximate surface area is 239 Å². The summed E-state index contributed by atoms with van der Waals surface area (Å²) < 4.78 is 33.9. The number of nitrogens with zero attached hydrogens (tertiary/aromatic N) is 2. The van der Waals surface area contributed by atoms with Crippen LogP contribution in [-0.4, -0.2) is 51.9 Å². The summed E-state index contributed by atoms with van der Waals surface area (Å²) in [7, 11) is -1.18. The average Bonchev–Trinajstić information content (AvgIpc) is 2.91. The largest absolute Gasteiger partial charge is 0.497 e. The van der Waals surface area contributed by atoms with E-state index >= 15 is 0 Å². The maximum Gasteiger partial charge on any atom is 0.264 e. The van der Waals surface area contributed by atoms with Crippen molar-refractivity contribution in [2.75, 3.05) is 25.0 Å². The normalized spacial score (nSPS) is 11.9. The fraction of sp³-hybridized carbons (Fsp3) is 0.286. The molecule has 2 amide bonds. The number of methoxy groups -OCH3 is 1. The highest BCUT2D eigenvalue weighted by Crippen LogP contribution is 2.30. The van der Waals surface area contributed by atoms with Crippen LogP contribution in [0.2, 0.25) is 10.0 Å². The minimum atomic E-state index is -4.22. The molecule has 0 bridgehead atoms. The molecule has 0 radical (unpaired) electrons. The summed E-state index contributed by atoms with van der Waals surface area (Å²) in [6.45, 7) is 3.11. The van der Waals surface area contributed by atoms with E-state index in [4.69, 9.17) is 27.9 Å². The molecule has 0 saturated carbocycles. The summed E-state index contributed by atoms with van der Waals surface area (Å²) >= 11 is 12.4. The van der Waals surface area contributed by atoms with Crippen LogP contribution in [0.4, 0.5) is 5.69 Å². The van der Waals surface area contributed by atoms with Gasteiger partial charge < -0.3 is 15.0 Å². The average molecular weight is 593 g/mol. The standard InChI is InChI=1S/C28H31Cl2N3O5S/c1-5-26(28(35)31-3)32(17-20-8-10-24(38-4)11-9-20)27(34)18-33(23-15-21(29)14-22(30)16-23)39(36,37)25-12-6-19(2)7-13-25/h6-16,26H,5,17-18H2,1-4H3,(H,31,35). The molecule has 8 nitrogen and oxygen atoms in total. The van der Waals surface area contributed by atoms with E-state index in [9.17, 15) is 18.0 Å². The van der Waals surface area contributed by atoms with Crippen molar-refractivity contribution in [1.29, 1.82) is 0 Å². The van der Waals surface area contributed by atoms with Gasteiger partial charge in [0.1, 0.15) is 18.3 Å². The maximum absolute atomic E-state index is 13.9. The molecule has 11 heteroatoms. The number of rotatable bonds is 11. The van der Waals surface area contributed by atoms with E-state index < -0.39 is 28.5 Å². The molecule has 0 saturated heterocycles. The van der Waals surface area contributed by atoms with Gasteiger partial charge in [0.05, 0.1) is 17.7 Å². The number of benzene rings is 3. The Hall–Kier alpha value is -3.27. The van der Waals surface area contributed by atoms with Crippen LogP contribution in [0.15, 0.2) is 71.6 Å². The van der Waals surface area contributed by atoms with Gasteiger partial charge in [-0.1, -0.05) is 60.0 Å². The molecule has 39 heavy (non-hydrogen) atoms. The second-order valence-corrected chi connectivity index (χ2v) is 11.6. The summed E-state index contributed by atoms with van der Waals surface area (Å²) in [5, 5.41) is 3.02. The van der Waals surface area contributed by atoms with E-state index in [1.165, 1.54) is 42.3 Å². The smallest absolute Gasteiger partial charge is 0.264 e. The zero-order chi connectivity index (χ0) is 28.7. The number of hydrogen-bond acceptors (Lipinski definition) is 5. The topological polar surface area (TPSA) is 96.0 Å². The fourth-order valence-electron chi connectivity index (χ4n) is 4.06. The highest BCUT2D eigenvalue weighted by Gasteiger charge is 2.33. The number of aryl methyl sites for hydroxylation is 1. The molecule has 1 unspecified atom stereocenters. The number of carbonyl (C=O) groups is 2. The van der Waals surface area contributed by atoms with Gasteiger partial charge in [-0.3, -0.25) is 13.9 Å². The zero-order valence-electron chi connectivity index (χ0n) is 22.1. The van der Waals surface area contributed by atoms with E-state index in [1.54, 1.807) is 50.4 Å². The van der Waals surface area contributed by atoms with Crippen LogP contribution in [0.1, 0.15) is 24.5 Å². The van der Waals surface area contributed by atoms with Crippen LogP contribution < -0.4 is 14.4 Å². The molecule has 0 aliphatic carbocycles. The van der Waals surface area contributed by atoms with Crippen LogP contribution in [-0.2, 0) is 26.2 Å². The van der Waals surface area contributed by atoms with Gasteiger partial charge in [0.15, 0.2) is 0 Å². The van der Waals surface area contributed by atoms with Crippen molar-refractivity contribution in [1.82, 2.24) is 10.2 Å². The SMILES string of the molecule is CCC(C(=O)NC)N(Cc1ccc(OC)cc1)C(=O)CN(c1cc(Cl)cc(Cl)c1)S(=O)(=O)c1ccc(C)cc1. The van der Waals surface area contributed by atoms with Crippen molar-refractivity contribution in [3.8, 4) is 5.75 Å². The van der Waals surface area contributed by atoms with Crippen molar-refractivity contribution in [2.24, 2.45) is 0 Å². The third kappa shape index (κ3) is 7.44. The summed E-state index contributed by atoms with van der Waals surface area (Å²) in [6.07, 6.45) is 0.315. The van der Waals surface area contributed by atoms with Crippen molar-refractivity contribution >= 4 is 50.7 Å². The number of halogens is 2. The number of sulfonamides is 1. The van der Waals surface area contributed by atoms with Crippen LogP contribution in [0.25, 0.3) is 0 Å². The predicted molar refractivity (Wildman–Crippen MR) is 154 cm³/mol. The van der Waals surface area contributed by atoms with Crippen LogP contribution in [0.3, 0.4) is 0 Å². The number of ether oxygens (including phenoxy) is 1. The lowest BCUT2D eigenvalue weighted by atomic mass is 10.1. The number of nitrogens with one attached hydrogen (secondary N) is 1. The predicted octanol–water partition coefficient (Wildman–Crippen LogP) is 5.06. The maximum atomic E-state index is 13.9. The first-order valence-electron chi connectivity index (χ1n) is 12.2. The molecule has 0 spiro atoms. The molecular weight excluding hydrogens is 561 g/mol. The number of likely N-dealkylation sites (N-methyl/N-ethyl adjacent to an activating group) is 1. The molecule has 0 fully saturated rings. The molecule has 3 aromatic carbocycles. The summed E-state index contributed by atoms with van der Waals surface area (Å²) in [5.41, 5.74) is 1.74. The summed E-state index contributed by atoms with van der Waals surface area (Å²) in [4.78, 5) is 28.1. The Morgan fingerprint density at radius 3 is 2.08 bits per heavy atom. The van der Waals surface area contributed by atoms with Gasteiger partial charge in [0.2, 0.25) is 11.8 Å². The van der Waals surface area contributed by atoms with Crippen LogP contribution in [0, 0.1) is 6.92 Å². The highest BCUT2D eigenvalue weighted by atomic mass is 35.5. The molecule has 1 atom stereocenters. The quantitative estimate of drug-likeness (QED) is 0.336. The van der Waals surface area contributed by atoms with Crippen LogP contribution >= 0.6 is 23.2 Å². The summed E-state index contributed by atoms with van der Waals surface area (Å²) in [5.74, 6) is -0.297. The van der Waals surface area contributed by atoms with E-state index in [0.717, 1.165) is 15.4 Å². The first-order valence-corrected chi connectivity index (χ1v) is 14.4. The molecule has 1 N–H and O–H groups in total. The molecule has 0 heterocycles. The zero-order valence-corrected chi connectivity index (χ0v) is 24.5. The van der Waals surface area contributed by atoms with E-state index in [0.29, 0.717) is 12.2 Å². The second kappa shape index (κ2) is 13.2.